The fraction of sp³-hybridized carbons (Fsp3) is 0.278. The quantitative estimate of drug-likeness (QED) is 0.727. The molecule has 1 aliphatic rings. The molecular weight excluding hydrogens is 322 g/mol. The molecule has 1 atom stereocenters. The molecule has 3 aromatic rings. The SMILES string of the molecule is COc1cncc(OC2CCN(C(=O)c3cc4ccccc4o3)C2)n1. The van der Waals surface area contributed by atoms with Gasteiger partial charge < -0.3 is 18.8 Å². The average molecular weight is 339 g/mol. The molecule has 1 fully saturated rings. The Morgan fingerprint density at radius 1 is 1.28 bits per heavy atom. The van der Waals surface area contributed by atoms with E-state index in [4.69, 9.17) is 13.9 Å². The van der Waals surface area contributed by atoms with E-state index < -0.39 is 0 Å². The smallest absolute Gasteiger partial charge is 0.289 e. The molecule has 3 heterocycles. The van der Waals surface area contributed by atoms with Gasteiger partial charge in [0.05, 0.1) is 26.0 Å². The van der Waals surface area contributed by atoms with Crippen LogP contribution in [0.2, 0.25) is 0 Å². The highest BCUT2D eigenvalue weighted by Gasteiger charge is 2.30. The lowest BCUT2D eigenvalue weighted by atomic mass is 10.2. The van der Waals surface area contributed by atoms with Gasteiger partial charge in [-0.1, -0.05) is 18.2 Å². The number of nitrogens with zero attached hydrogens (tertiary/aromatic N) is 3. The van der Waals surface area contributed by atoms with E-state index in [0.717, 1.165) is 11.8 Å². The normalized spacial score (nSPS) is 17.0. The van der Waals surface area contributed by atoms with Crippen LogP contribution in [0.1, 0.15) is 17.0 Å². The number of carbonyl (C=O) groups excluding carboxylic acids is 1. The summed E-state index contributed by atoms with van der Waals surface area (Å²) >= 11 is 0. The van der Waals surface area contributed by atoms with E-state index in [2.05, 4.69) is 9.97 Å². The molecule has 0 saturated carbocycles. The number of carbonyl (C=O) groups is 1. The summed E-state index contributed by atoms with van der Waals surface area (Å²) in [6.07, 6.45) is 3.64. The number of furan rings is 1. The molecule has 7 heteroatoms. The summed E-state index contributed by atoms with van der Waals surface area (Å²) in [7, 11) is 1.52. The Bertz CT molecular complexity index is 875. The highest BCUT2D eigenvalue weighted by molar-refractivity contribution is 5.96. The van der Waals surface area contributed by atoms with E-state index >= 15 is 0 Å². The maximum absolute atomic E-state index is 12.6. The Balaban J connectivity index is 1.43. The summed E-state index contributed by atoms with van der Waals surface area (Å²) in [6.45, 7) is 1.09. The second kappa shape index (κ2) is 6.43. The highest BCUT2D eigenvalue weighted by atomic mass is 16.5. The van der Waals surface area contributed by atoms with Crippen LogP contribution in [-0.2, 0) is 0 Å². The Hall–Kier alpha value is -3.09. The summed E-state index contributed by atoms with van der Waals surface area (Å²) in [6, 6.07) is 9.35. The van der Waals surface area contributed by atoms with Crippen molar-refractivity contribution in [3.63, 3.8) is 0 Å². The third-order valence-electron chi connectivity index (χ3n) is 4.16. The molecule has 0 N–H and O–H groups in total. The second-order valence-electron chi connectivity index (χ2n) is 5.83. The van der Waals surface area contributed by atoms with Crippen molar-refractivity contribution in [1.82, 2.24) is 14.9 Å². The van der Waals surface area contributed by atoms with Crippen molar-refractivity contribution in [2.45, 2.75) is 12.5 Å². The van der Waals surface area contributed by atoms with Crippen LogP contribution in [0.15, 0.2) is 47.1 Å². The molecule has 2 aromatic heterocycles. The first-order valence-electron chi connectivity index (χ1n) is 8.03. The molecule has 0 spiro atoms. The molecule has 128 valence electrons. The van der Waals surface area contributed by atoms with E-state index in [9.17, 15) is 4.79 Å². The first-order chi connectivity index (χ1) is 12.2. The van der Waals surface area contributed by atoms with Gasteiger partial charge in [-0.25, -0.2) is 0 Å². The van der Waals surface area contributed by atoms with Crippen LogP contribution in [0, 0.1) is 0 Å². The number of ether oxygens (including phenoxy) is 2. The molecule has 0 bridgehead atoms. The van der Waals surface area contributed by atoms with Crippen LogP contribution in [0.4, 0.5) is 0 Å². The van der Waals surface area contributed by atoms with Crippen molar-refractivity contribution in [2.24, 2.45) is 0 Å². The minimum Gasteiger partial charge on any atom is -0.480 e. The number of rotatable bonds is 4. The maximum Gasteiger partial charge on any atom is 0.289 e. The zero-order chi connectivity index (χ0) is 17.2. The number of fused-ring (bicyclic) bond motifs is 1. The van der Waals surface area contributed by atoms with Crippen LogP contribution < -0.4 is 9.47 Å². The van der Waals surface area contributed by atoms with Crippen LogP contribution in [-0.4, -0.2) is 47.1 Å². The lowest BCUT2D eigenvalue weighted by Gasteiger charge is -2.15. The fourth-order valence-electron chi connectivity index (χ4n) is 2.91. The van der Waals surface area contributed by atoms with Crippen molar-refractivity contribution in [3.05, 3.63) is 48.5 Å². The van der Waals surface area contributed by atoms with Gasteiger partial charge in [0.1, 0.15) is 11.7 Å². The predicted molar refractivity (Wildman–Crippen MR) is 89.7 cm³/mol. The van der Waals surface area contributed by atoms with Crippen molar-refractivity contribution < 1.29 is 18.7 Å². The Morgan fingerprint density at radius 3 is 2.96 bits per heavy atom. The molecule has 25 heavy (non-hydrogen) atoms. The molecule has 4 rings (SSSR count). The van der Waals surface area contributed by atoms with Gasteiger partial charge in [0.2, 0.25) is 11.8 Å². The second-order valence-corrected chi connectivity index (χ2v) is 5.83. The number of hydrogen-bond acceptors (Lipinski definition) is 6. The van der Waals surface area contributed by atoms with E-state index in [1.165, 1.54) is 19.5 Å². The van der Waals surface area contributed by atoms with Crippen molar-refractivity contribution in [1.29, 1.82) is 0 Å². The number of benzene rings is 1. The predicted octanol–water partition coefficient (Wildman–Crippen LogP) is 2.52. The Kier molecular flexibility index (Phi) is 3.97. The van der Waals surface area contributed by atoms with Crippen molar-refractivity contribution in [2.75, 3.05) is 20.2 Å². The minimum atomic E-state index is -0.130. The lowest BCUT2D eigenvalue weighted by molar-refractivity contribution is 0.0742. The number of amides is 1. The summed E-state index contributed by atoms with van der Waals surface area (Å²) in [4.78, 5) is 22.6. The molecule has 1 amide bonds. The first-order valence-corrected chi connectivity index (χ1v) is 8.03. The number of aromatic nitrogens is 2. The number of likely N-dealkylation sites (tertiary alicyclic amines) is 1. The summed E-state index contributed by atoms with van der Waals surface area (Å²) in [5, 5.41) is 0.921. The summed E-state index contributed by atoms with van der Waals surface area (Å²) in [5.74, 6) is 1.01. The van der Waals surface area contributed by atoms with Crippen LogP contribution >= 0.6 is 0 Å². The Morgan fingerprint density at radius 2 is 2.12 bits per heavy atom. The highest BCUT2D eigenvalue weighted by Crippen LogP contribution is 2.23. The van der Waals surface area contributed by atoms with Gasteiger partial charge in [-0.3, -0.25) is 9.78 Å². The standard InChI is InChI=1S/C18H17N3O4/c1-23-16-9-19-10-17(20-16)24-13-6-7-21(11-13)18(22)15-8-12-4-2-3-5-14(12)25-15/h2-5,8-10,13H,6-7,11H2,1H3. The molecule has 7 nitrogen and oxygen atoms in total. The first kappa shape index (κ1) is 15.4. The molecule has 0 aliphatic carbocycles. The van der Waals surface area contributed by atoms with Crippen LogP contribution in [0.5, 0.6) is 11.8 Å². The van der Waals surface area contributed by atoms with Gasteiger partial charge in [0.15, 0.2) is 5.76 Å². The molecule has 1 aliphatic heterocycles. The zero-order valence-electron chi connectivity index (χ0n) is 13.7. The van der Waals surface area contributed by atoms with Gasteiger partial charge in [0, 0.05) is 18.4 Å². The summed E-state index contributed by atoms with van der Waals surface area (Å²) < 4.78 is 16.5. The van der Waals surface area contributed by atoms with Crippen molar-refractivity contribution >= 4 is 16.9 Å². The average Bonchev–Trinajstić information content (AvgIpc) is 3.28. The molecule has 1 aromatic carbocycles. The van der Waals surface area contributed by atoms with E-state index in [1.54, 1.807) is 11.0 Å². The van der Waals surface area contributed by atoms with E-state index in [-0.39, 0.29) is 12.0 Å². The van der Waals surface area contributed by atoms with E-state index in [1.807, 2.05) is 24.3 Å². The third kappa shape index (κ3) is 3.13. The van der Waals surface area contributed by atoms with Gasteiger partial charge >= 0.3 is 0 Å². The van der Waals surface area contributed by atoms with Gasteiger partial charge in [-0.05, 0) is 12.1 Å². The maximum atomic E-state index is 12.6. The van der Waals surface area contributed by atoms with E-state index in [0.29, 0.717) is 36.2 Å². The van der Waals surface area contributed by atoms with Crippen LogP contribution in [0.3, 0.4) is 0 Å². The third-order valence-corrected chi connectivity index (χ3v) is 4.16. The molecule has 0 radical (unpaired) electrons. The fourth-order valence-corrected chi connectivity index (χ4v) is 2.91. The van der Waals surface area contributed by atoms with Gasteiger partial charge in [0.25, 0.3) is 5.91 Å². The molecule has 1 saturated heterocycles. The van der Waals surface area contributed by atoms with Gasteiger partial charge in [-0.2, -0.15) is 4.98 Å². The minimum absolute atomic E-state index is 0.126. The number of methoxy groups -OCH3 is 1. The Labute approximate surface area is 144 Å². The molecule has 1 unspecified atom stereocenters. The summed E-state index contributed by atoms with van der Waals surface area (Å²) in [5.41, 5.74) is 0.713. The lowest BCUT2D eigenvalue weighted by Crippen LogP contribution is -2.30. The number of hydrogen-bond donors (Lipinski definition) is 0. The molecular formula is C18H17N3O4. The van der Waals surface area contributed by atoms with Crippen LogP contribution in [0.25, 0.3) is 11.0 Å². The largest absolute Gasteiger partial charge is 0.480 e. The number of para-hydroxylation sites is 1. The van der Waals surface area contributed by atoms with Crippen molar-refractivity contribution in [3.8, 4) is 11.8 Å². The monoisotopic (exact) mass is 339 g/mol. The topological polar surface area (TPSA) is 77.7 Å². The van der Waals surface area contributed by atoms with Gasteiger partial charge in [-0.15, -0.1) is 0 Å². The zero-order valence-corrected chi connectivity index (χ0v) is 13.7.